The van der Waals surface area contributed by atoms with Crippen molar-refractivity contribution in [2.45, 2.75) is 38.6 Å². The van der Waals surface area contributed by atoms with Gasteiger partial charge in [0.2, 0.25) is 0 Å². The molecule has 0 spiro atoms. The summed E-state index contributed by atoms with van der Waals surface area (Å²) < 4.78 is 4.86. The monoisotopic (exact) mass is 363 g/mol. The van der Waals surface area contributed by atoms with Gasteiger partial charge in [-0.15, -0.1) is 0 Å². The number of aromatic nitrogens is 1. The second-order valence-electron chi connectivity index (χ2n) is 6.87. The van der Waals surface area contributed by atoms with Gasteiger partial charge in [0.05, 0.1) is 11.6 Å². The number of esters is 1. The largest absolute Gasteiger partial charge is 0.463 e. The Balaban J connectivity index is 1.52. The Morgan fingerprint density at radius 2 is 2.32 bits per heavy atom. The normalized spacial score (nSPS) is 21.4. The maximum Gasteiger partial charge on any atom is 0.330 e. The molecule has 0 amide bonds. The van der Waals surface area contributed by atoms with Crippen molar-refractivity contribution in [3.63, 3.8) is 0 Å². The molecule has 0 bridgehead atoms. The van der Waals surface area contributed by atoms with E-state index in [1.165, 1.54) is 31.9 Å². The van der Waals surface area contributed by atoms with Gasteiger partial charge in [0.15, 0.2) is 0 Å². The van der Waals surface area contributed by atoms with Gasteiger partial charge >= 0.3 is 5.97 Å². The van der Waals surface area contributed by atoms with E-state index in [2.05, 4.69) is 15.2 Å². The number of carbonyl (C=O) groups excluding carboxylic acids is 1. The fourth-order valence-electron chi connectivity index (χ4n) is 3.35. The summed E-state index contributed by atoms with van der Waals surface area (Å²) in [5.41, 5.74) is 0.779. The number of hydrogen-bond acceptors (Lipinski definition) is 5. The van der Waals surface area contributed by atoms with Gasteiger partial charge in [-0.2, -0.15) is 0 Å². The number of hydrogen-bond donors (Lipinski definition) is 1. The minimum absolute atomic E-state index is 0.363. The van der Waals surface area contributed by atoms with Gasteiger partial charge in [0.25, 0.3) is 0 Å². The highest BCUT2D eigenvalue weighted by Crippen LogP contribution is 2.29. The highest BCUT2D eigenvalue weighted by molar-refractivity contribution is 6.33. The molecule has 1 aromatic rings. The highest BCUT2D eigenvalue weighted by Gasteiger charge is 2.27. The molecule has 6 heteroatoms. The lowest BCUT2D eigenvalue weighted by atomic mass is 9.85. The van der Waals surface area contributed by atoms with Crippen molar-refractivity contribution in [1.82, 2.24) is 9.88 Å². The smallest absolute Gasteiger partial charge is 0.330 e. The Morgan fingerprint density at radius 1 is 1.48 bits per heavy atom. The third-order valence-corrected chi connectivity index (χ3v) is 5.20. The molecule has 1 saturated carbocycles. The third-order valence-electron chi connectivity index (χ3n) is 4.92. The van der Waals surface area contributed by atoms with Gasteiger partial charge in [-0.1, -0.05) is 18.0 Å². The van der Waals surface area contributed by atoms with Crippen molar-refractivity contribution in [3.8, 4) is 0 Å². The lowest BCUT2D eigenvalue weighted by Crippen LogP contribution is -2.33. The standard InChI is InChI=1S/C19H26ClN3O2/c1-2-25-18(24)7-6-15-10-17(20)19(21-11-15)22-16-8-9-23(13-16)12-14-4-3-5-14/h6-7,10-11,14,16H,2-5,8-9,12-13H2,1H3,(H,21,22)/b7-6+/t16-/m1/s1. The van der Waals surface area contributed by atoms with E-state index in [0.717, 1.165) is 31.0 Å². The van der Waals surface area contributed by atoms with Gasteiger partial charge in [-0.25, -0.2) is 9.78 Å². The van der Waals surface area contributed by atoms with Crippen molar-refractivity contribution in [2.75, 3.05) is 31.6 Å². The lowest BCUT2D eigenvalue weighted by Gasteiger charge is -2.30. The Bertz CT molecular complexity index is 631. The first-order valence-electron chi connectivity index (χ1n) is 9.13. The number of rotatable bonds is 7. The predicted molar refractivity (Wildman–Crippen MR) is 101 cm³/mol. The molecule has 1 saturated heterocycles. The van der Waals surface area contributed by atoms with Gasteiger partial charge in [0, 0.05) is 37.9 Å². The molecule has 1 aromatic heterocycles. The number of nitrogens with one attached hydrogen (secondary N) is 1. The highest BCUT2D eigenvalue weighted by atomic mass is 35.5. The molecule has 1 aliphatic heterocycles. The van der Waals surface area contributed by atoms with E-state index in [0.29, 0.717) is 23.5 Å². The Kier molecular flexibility index (Phi) is 6.32. The lowest BCUT2D eigenvalue weighted by molar-refractivity contribution is -0.137. The molecule has 2 heterocycles. The van der Waals surface area contributed by atoms with Crippen LogP contribution in [0.15, 0.2) is 18.3 Å². The molecule has 1 atom stereocenters. The molecule has 136 valence electrons. The van der Waals surface area contributed by atoms with Crippen LogP contribution in [0.25, 0.3) is 6.08 Å². The maximum absolute atomic E-state index is 11.4. The number of ether oxygens (including phenoxy) is 1. The van der Waals surface area contributed by atoms with E-state index in [-0.39, 0.29) is 5.97 Å². The van der Waals surface area contributed by atoms with E-state index in [1.807, 2.05) is 6.07 Å². The van der Waals surface area contributed by atoms with E-state index in [9.17, 15) is 4.79 Å². The number of anilines is 1. The van der Waals surface area contributed by atoms with E-state index >= 15 is 0 Å². The van der Waals surface area contributed by atoms with Crippen molar-refractivity contribution in [2.24, 2.45) is 5.92 Å². The number of nitrogens with zero attached hydrogens (tertiary/aromatic N) is 2. The first-order valence-corrected chi connectivity index (χ1v) is 9.51. The minimum atomic E-state index is -0.363. The summed E-state index contributed by atoms with van der Waals surface area (Å²) in [6, 6.07) is 2.21. The van der Waals surface area contributed by atoms with Crippen molar-refractivity contribution >= 4 is 29.5 Å². The van der Waals surface area contributed by atoms with E-state index in [1.54, 1.807) is 19.2 Å². The molecule has 25 heavy (non-hydrogen) atoms. The number of pyridine rings is 1. The number of carbonyl (C=O) groups is 1. The molecule has 0 radical (unpaired) electrons. The minimum Gasteiger partial charge on any atom is -0.463 e. The molecule has 3 rings (SSSR count). The summed E-state index contributed by atoms with van der Waals surface area (Å²) in [7, 11) is 0. The summed E-state index contributed by atoms with van der Waals surface area (Å²) >= 11 is 6.35. The Hall–Kier alpha value is -1.59. The molecule has 0 unspecified atom stereocenters. The Labute approximate surface area is 154 Å². The first-order chi connectivity index (χ1) is 12.1. The molecule has 5 nitrogen and oxygen atoms in total. The number of likely N-dealkylation sites (tertiary alicyclic amines) is 1. The summed E-state index contributed by atoms with van der Waals surface area (Å²) in [5, 5.41) is 4.03. The molecule has 2 fully saturated rings. The quantitative estimate of drug-likeness (QED) is 0.592. The molecule has 1 N–H and O–H groups in total. The molecule has 2 aliphatic rings. The van der Waals surface area contributed by atoms with Crippen LogP contribution in [-0.2, 0) is 9.53 Å². The average Bonchev–Trinajstić information content (AvgIpc) is 2.99. The average molecular weight is 364 g/mol. The summed E-state index contributed by atoms with van der Waals surface area (Å²) in [4.78, 5) is 18.3. The summed E-state index contributed by atoms with van der Waals surface area (Å²) in [6.45, 7) is 5.58. The molecular formula is C19H26ClN3O2. The van der Waals surface area contributed by atoms with Crippen molar-refractivity contribution < 1.29 is 9.53 Å². The second-order valence-corrected chi connectivity index (χ2v) is 7.28. The fraction of sp³-hybridized carbons (Fsp3) is 0.579. The SMILES string of the molecule is CCOC(=O)/C=C/c1cnc(N[C@@H]2CCN(CC3CCC3)C2)c(Cl)c1. The van der Waals surface area contributed by atoms with Gasteiger partial charge in [-0.05, 0) is 49.8 Å². The third kappa shape index (κ3) is 5.19. The van der Waals surface area contributed by atoms with Crippen LogP contribution in [0.5, 0.6) is 0 Å². The maximum atomic E-state index is 11.4. The molecule has 1 aliphatic carbocycles. The first kappa shape index (κ1) is 18.2. The van der Waals surface area contributed by atoms with E-state index in [4.69, 9.17) is 16.3 Å². The van der Waals surface area contributed by atoms with Crippen LogP contribution in [0.3, 0.4) is 0 Å². The zero-order valence-corrected chi connectivity index (χ0v) is 15.5. The van der Waals surface area contributed by atoms with Crippen LogP contribution < -0.4 is 5.32 Å². The predicted octanol–water partition coefficient (Wildman–Crippen LogP) is 3.60. The zero-order chi connectivity index (χ0) is 17.6. The summed E-state index contributed by atoms with van der Waals surface area (Å²) in [6.07, 6.45) is 10.1. The second kappa shape index (κ2) is 8.68. The molecular weight excluding hydrogens is 338 g/mol. The topological polar surface area (TPSA) is 54.5 Å². The van der Waals surface area contributed by atoms with Crippen LogP contribution in [0.1, 0.15) is 38.2 Å². The zero-order valence-electron chi connectivity index (χ0n) is 14.7. The number of halogens is 1. The van der Waals surface area contributed by atoms with Crippen LogP contribution in [0, 0.1) is 5.92 Å². The van der Waals surface area contributed by atoms with E-state index < -0.39 is 0 Å². The molecule has 0 aromatic carbocycles. The summed E-state index contributed by atoms with van der Waals surface area (Å²) in [5.74, 6) is 1.26. The fourth-order valence-corrected chi connectivity index (χ4v) is 3.58. The van der Waals surface area contributed by atoms with Gasteiger partial charge in [-0.3, -0.25) is 0 Å². The van der Waals surface area contributed by atoms with Crippen LogP contribution in [0.4, 0.5) is 5.82 Å². The van der Waals surface area contributed by atoms with Crippen LogP contribution >= 0.6 is 11.6 Å². The van der Waals surface area contributed by atoms with Crippen molar-refractivity contribution in [1.29, 1.82) is 0 Å². The van der Waals surface area contributed by atoms with Gasteiger partial charge < -0.3 is 15.0 Å². The van der Waals surface area contributed by atoms with Crippen LogP contribution in [-0.4, -0.2) is 48.1 Å². The Morgan fingerprint density at radius 3 is 3.00 bits per heavy atom. The van der Waals surface area contributed by atoms with Crippen LogP contribution in [0.2, 0.25) is 5.02 Å². The van der Waals surface area contributed by atoms with Crippen molar-refractivity contribution in [3.05, 3.63) is 28.9 Å². The van der Waals surface area contributed by atoms with Gasteiger partial charge in [0.1, 0.15) is 5.82 Å².